The molecule has 5 rings (SSSR count). The van der Waals surface area contributed by atoms with Gasteiger partial charge in [-0.25, -0.2) is 9.59 Å². The predicted octanol–water partition coefficient (Wildman–Crippen LogP) is 5.55. The molecule has 3 atom stereocenters. The first-order valence-electron chi connectivity index (χ1n) is 14.2. The summed E-state index contributed by atoms with van der Waals surface area (Å²) in [6.45, 7) is 4.64. The SMILES string of the molecule is CCOC(=O)N1C2CCC(N3CCC4(CC[C@@H](NC(=O)N(C)C)c5ccccc54)CC3)CCC1CC2.[HH].[HH]. The summed E-state index contributed by atoms with van der Waals surface area (Å²) in [5.41, 5.74) is 3.00. The number of rotatable bonds is 3. The van der Waals surface area contributed by atoms with Gasteiger partial charge in [0, 0.05) is 35.1 Å². The van der Waals surface area contributed by atoms with Crippen LogP contribution in [0.3, 0.4) is 0 Å². The third-order valence-electron chi connectivity index (χ3n) is 9.56. The summed E-state index contributed by atoms with van der Waals surface area (Å²) in [6.07, 6.45) is 11.2. The normalized spacial score (nSPS) is 29.7. The molecule has 0 saturated carbocycles. The molecule has 3 heterocycles. The number of nitrogens with one attached hydrogen (secondary N) is 1. The largest absolute Gasteiger partial charge is 0.450 e. The van der Waals surface area contributed by atoms with Gasteiger partial charge in [-0.2, -0.15) is 0 Å². The van der Waals surface area contributed by atoms with Crippen molar-refractivity contribution in [1.82, 2.24) is 20.0 Å². The summed E-state index contributed by atoms with van der Waals surface area (Å²) in [5.74, 6) is 0. The van der Waals surface area contributed by atoms with Crippen molar-refractivity contribution >= 4 is 12.1 Å². The minimum absolute atomic E-state index is 0. The minimum atomic E-state index is -0.0978. The molecule has 3 saturated heterocycles. The van der Waals surface area contributed by atoms with Crippen LogP contribution in [0.4, 0.5) is 9.59 Å². The average Bonchev–Trinajstić information content (AvgIpc) is 3.32. The number of fused-ring (bicyclic) bond motifs is 4. The number of carbonyl (C=O) groups is 2. The standard InChI is InChI=1S/C29H44N4O3.2H2/c1-4-36-28(35)33-22-11-9-21(10-12-23(33)14-13-22)32-19-17-29(18-20-32)16-15-26(30-27(34)31(2)3)24-7-5-6-8-25(24)29;;/h5-8,21-23,26H,4,9-20H2,1-3H3,(H,30,34);2*1H/t21?,22?,23?,26-;;/m1../s1. The van der Waals surface area contributed by atoms with Gasteiger partial charge in [-0.1, -0.05) is 24.3 Å². The monoisotopic (exact) mass is 500 g/mol. The number of nitrogens with zero attached hydrogens (tertiary/aromatic N) is 3. The fraction of sp³-hybridized carbons (Fsp3) is 0.724. The summed E-state index contributed by atoms with van der Waals surface area (Å²) in [5, 5.41) is 3.24. The second-order valence-corrected chi connectivity index (χ2v) is 11.6. The Hall–Kier alpha value is -2.28. The van der Waals surface area contributed by atoms with E-state index in [2.05, 4.69) is 39.4 Å². The van der Waals surface area contributed by atoms with Gasteiger partial charge in [0.2, 0.25) is 0 Å². The zero-order valence-corrected chi connectivity index (χ0v) is 22.4. The van der Waals surface area contributed by atoms with Gasteiger partial charge in [0.25, 0.3) is 0 Å². The molecule has 3 amide bonds. The maximum atomic E-state index is 12.6. The van der Waals surface area contributed by atoms with Crippen LogP contribution in [0.1, 0.15) is 91.2 Å². The van der Waals surface area contributed by atoms with Crippen molar-refractivity contribution in [1.29, 1.82) is 0 Å². The molecule has 3 aliphatic heterocycles. The number of urea groups is 1. The summed E-state index contributed by atoms with van der Waals surface area (Å²) in [7, 11) is 3.60. The van der Waals surface area contributed by atoms with Crippen molar-refractivity contribution in [3.8, 4) is 0 Å². The molecule has 1 N–H and O–H groups in total. The Morgan fingerprint density at radius 2 is 1.58 bits per heavy atom. The van der Waals surface area contributed by atoms with Crippen molar-refractivity contribution < 1.29 is 17.2 Å². The maximum Gasteiger partial charge on any atom is 0.410 e. The fourth-order valence-corrected chi connectivity index (χ4v) is 7.56. The lowest BCUT2D eigenvalue weighted by atomic mass is 9.63. The Morgan fingerprint density at radius 3 is 2.19 bits per heavy atom. The summed E-state index contributed by atoms with van der Waals surface area (Å²) in [6, 6.07) is 10.2. The van der Waals surface area contributed by atoms with Crippen LogP contribution in [0.5, 0.6) is 0 Å². The fourth-order valence-electron chi connectivity index (χ4n) is 7.56. The average molecular weight is 501 g/mol. The van der Waals surface area contributed by atoms with E-state index in [1.54, 1.807) is 19.0 Å². The number of amides is 3. The highest BCUT2D eigenvalue weighted by molar-refractivity contribution is 5.74. The molecular formula is C29H48N4O3. The first-order chi connectivity index (χ1) is 17.4. The van der Waals surface area contributed by atoms with E-state index in [1.807, 2.05) is 6.92 Å². The number of piperidine rings is 1. The number of hydrogen-bond acceptors (Lipinski definition) is 4. The third kappa shape index (κ3) is 4.83. The molecule has 2 unspecified atom stereocenters. The lowest BCUT2D eigenvalue weighted by Crippen LogP contribution is -2.51. The summed E-state index contributed by atoms with van der Waals surface area (Å²) < 4.78 is 5.39. The zero-order chi connectivity index (χ0) is 25.3. The van der Waals surface area contributed by atoms with Crippen LogP contribution >= 0.6 is 0 Å². The third-order valence-corrected chi connectivity index (χ3v) is 9.56. The predicted molar refractivity (Wildman–Crippen MR) is 145 cm³/mol. The Balaban J connectivity index is 0.00000200. The van der Waals surface area contributed by atoms with Gasteiger partial charge in [0.05, 0.1) is 12.6 Å². The molecule has 1 aromatic rings. The lowest BCUT2D eigenvalue weighted by Gasteiger charge is -2.49. The van der Waals surface area contributed by atoms with Crippen LogP contribution in [-0.2, 0) is 10.2 Å². The van der Waals surface area contributed by atoms with Crippen LogP contribution in [0.2, 0.25) is 0 Å². The highest BCUT2D eigenvalue weighted by atomic mass is 16.6. The first kappa shape index (κ1) is 25.4. The number of hydrogen-bond donors (Lipinski definition) is 1. The van der Waals surface area contributed by atoms with Gasteiger partial charge in [-0.3, -0.25) is 0 Å². The molecule has 7 heteroatoms. The van der Waals surface area contributed by atoms with Crippen LogP contribution in [0, 0.1) is 0 Å². The van der Waals surface area contributed by atoms with Gasteiger partial charge in [-0.05, 0) is 101 Å². The molecule has 36 heavy (non-hydrogen) atoms. The number of benzene rings is 1. The lowest BCUT2D eigenvalue weighted by molar-refractivity contribution is 0.0556. The van der Waals surface area contributed by atoms with E-state index in [4.69, 9.17) is 4.74 Å². The van der Waals surface area contributed by atoms with E-state index in [9.17, 15) is 9.59 Å². The van der Waals surface area contributed by atoms with Crippen molar-refractivity contribution in [2.75, 3.05) is 33.8 Å². The van der Waals surface area contributed by atoms with Crippen molar-refractivity contribution in [2.24, 2.45) is 0 Å². The second kappa shape index (κ2) is 10.6. The van der Waals surface area contributed by atoms with Gasteiger partial charge >= 0.3 is 12.1 Å². The quantitative estimate of drug-likeness (QED) is 0.591. The number of ether oxygens (including phenoxy) is 1. The van der Waals surface area contributed by atoms with Crippen LogP contribution in [-0.4, -0.2) is 78.7 Å². The highest BCUT2D eigenvalue weighted by Crippen LogP contribution is 2.48. The molecule has 0 aromatic heterocycles. The van der Waals surface area contributed by atoms with E-state index in [0.717, 1.165) is 51.6 Å². The van der Waals surface area contributed by atoms with E-state index in [1.165, 1.54) is 36.8 Å². The van der Waals surface area contributed by atoms with Gasteiger partial charge < -0.3 is 24.8 Å². The number of likely N-dealkylation sites (tertiary alicyclic amines) is 1. The topological polar surface area (TPSA) is 65.1 Å². The maximum absolute atomic E-state index is 12.6. The van der Waals surface area contributed by atoms with Crippen molar-refractivity contribution in [2.45, 2.75) is 101 Å². The number of carbonyl (C=O) groups excluding carboxylic acids is 2. The molecule has 3 fully saturated rings. The van der Waals surface area contributed by atoms with E-state index >= 15 is 0 Å². The minimum Gasteiger partial charge on any atom is -0.450 e. The molecule has 1 aromatic carbocycles. The summed E-state index contributed by atoms with van der Waals surface area (Å²) in [4.78, 5) is 31.4. The molecule has 1 aliphatic carbocycles. The van der Waals surface area contributed by atoms with E-state index in [0.29, 0.717) is 24.7 Å². The Morgan fingerprint density at radius 1 is 0.972 bits per heavy atom. The molecule has 7 nitrogen and oxygen atoms in total. The smallest absolute Gasteiger partial charge is 0.410 e. The summed E-state index contributed by atoms with van der Waals surface area (Å²) >= 11 is 0. The molecule has 202 valence electrons. The molecule has 4 aliphatic rings. The Bertz CT molecular complexity index is 938. The molecule has 1 spiro atoms. The molecule has 2 bridgehead atoms. The van der Waals surface area contributed by atoms with E-state index < -0.39 is 0 Å². The van der Waals surface area contributed by atoms with E-state index in [-0.39, 0.29) is 26.4 Å². The van der Waals surface area contributed by atoms with Crippen molar-refractivity contribution in [3.05, 3.63) is 35.4 Å². The van der Waals surface area contributed by atoms with Crippen LogP contribution in [0.25, 0.3) is 0 Å². The zero-order valence-electron chi connectivity index (χ0n) is 22.4. The Kier molecular flexibility index (Phi) is 7.47. The van der Waals surface area contributed by atoms with Crippen LogP contribution < -0.4 is 5.32 Å². The van der Waals surface area contributed by atoms with Crippen molar-refractivity contribution in [3.63, 3.8) is 0 Å². The first-order valence-corrected chi connectivity index (χ1v) is 14.2. The highest BCUT2D eigenvalue weighted by Gasteiger charge is 2.44. The van der Waals surface area contributed by atoms with Gasteiger partial charge in [-0.15, -0.1) is 0 Å². The second-order valence-electron chi connectivity index (χ2n) is 11.6. The van der Waals surface area contributed by atoms with Crippen LogP contribution in [0.15, 0.2) is 24.3 Å². The molecular weight excluding hydrogens is 452 g/mol. The molecule has 0 radical (unpaired) electrons. The van der Waals surface area contributed by atoms with Gasteiger partial charge in [0.15, 0.2) is 0 Å². The Labute approximate surface area is 219 Å². The van der Waals surface area contributed by atoms with Gasteiger partial charge in [0.1, 0.15) is 0 Å².